The van der Waals surface area contributed by atoms with Crippen LogP contribution in [0.2, 0.25) is 0 Å². The fraction of sp³-hybridized carbons (Fsp3) is 0.286. The molecule has 19 heavy (non-hydrogen) atoms. The summed E-state index contributed by atoms with van der Waals surface area (Å²) in [5.74, 6) is 0. The van der Waals surface area contributed by atoms with E-state index >= 15 is 0 Å². The van der Waals surface area contributed by atoms with E-state index < -0.39 is 0 Å². The molecule has 0 radical (unpaired) electrons. The number of aliphatic imine (C=N–C) groups is 1. The number of benzene rings is 1. The number of nitrogens with zero attached hydrogens (tertiary/aromatic N) is 3. The lowest BCUT2D eigenvalue weighted by atomic mass is 9.72. The Morgan fingerprint density at radius 1 is 1.26 bits per heavy atom. The first-order valence-electron chi connectivity index (χ1n) is 6.15. The lowest BCUT2D eigenvalue weighted by molar-refractivity contribution is 0.256. The minimum Gasteiger partial charge on any atom is -0.227 e. The molecule has 2 aromatic rings. The van der Waals surface area contributed by atoms with Crippen LogP contribution in [0.25, 0.3) is 5.69 Å². The van der Waals surface area contributed by atoms with E-state index in [0.717, 1.165) is 35.1 Å². The Morgan fingerprint density at radius 3 is 2.47 bits per heavy atom. The molecule has 0 unspecified atom stereocenters. The van der Waals surface area contributed by atoms with Crippen LogP contribution in [0.4, 0.5) is 0 Å². The molecule has 1 aliphatic rings. The molecule has 1 aromatic heterocycles. The summed E-state index contributed by atoms with van der Waals surface area (Å²) in [5.41, 5.74) is 1.72. The molecule has 3 rings (SSSR count). The van der Waals surface area contributed by atoms with Crippen LogP contribution in [0.1, 0.15) is 24.8 Å². The van der Waals surface area contributed by atoms with Crippen molar-refractivity contribution in [3.8, 4) is 5.69 Å². The summed E-state index contributed by atoms with van der Waals surface area (Å²) < 4.78 is 2.71. The number of hydrogen-bond acceptors (Lipinski definition) is 3. The number of halogens is 1. The van der Waals surface area contributed by atoms with Gasteiger partial charge in [0.25, 0.3) is 0 Å². The molecule has 4 nitrogen and oxygen atoms in total. The first kappa shape index (κ1) is 12.3. The van der Waals surface area contributed by atoms with E-state index in [1.54, 1.807) is 17.0 Å². The Bertz CT molecular complexity index is 637. The van der Waals surface area contributed by atoms with Crippen molar-refractivity contribution in [1.82, 2.24) is 9.78 Å². The van der Waals surface area contributed by atoms with Crippen LogP contribution in [0, 0.1) is 0 Å². The molecule has 0 N–H and O–H groups in total. The highest BCUT2D eigenvalue weighted by molar-refractivity contribution is 9.10. The third-order valence-electron chi connectivity index (χ3n) is 3.69. The van der Waals surface area contributed by atoms with Crippen LogP contribution in [-0.4, -0.2) is 15.9 Å². The van der Waals surface area contributed by atoms with Crippen molar-refractivity contribution in [2.24, 2.45) is 4.99 Å². The Balaban J connectivity index is 1.95. The van der Waals surface area contributed by atoms with Gasteiger partial charge in [0.15, 0.2) is 0 Å². The van der Waals surface area contributed by atoms with E-state index in [1.165, 1.54) is 0 Å². The van der Waals surface area contributed by atoms with Crippen molar-refractivity contribution in [1.29, 1.82) is 0 Å². The summed E-state index contributed by atoms with van der Waals surface area (Å²) >= 11 is 3.44. The lowest BCUT2D eigenvalue weighted by Gasteiger charge is -2.37. The summed E-state index contributed by atoms with van der Waals surface area (Å²) in [6.45, 7) is 0. The van der Waals surface area contributed by atoms with Crippen molar-refractivity contribution in [2.75, 3.05) is 0 Å². The second-order valence-electron chi connectivity index (χ2n) is 4.70. The highest BCUT2D eigenvalue weighted by atomic mass is 79.9. The highest BCUT2D eigenvalue weighted by Gasteiger charge is 2.38. The van der Waals surface area contributed by atoms with E-state index in [2.05, 4.69) is 26.0 Å². The molecule has 0 atom stereocenters. The van der Waals surface area contributed by atoms with Gasteiger partial charge in [-0.05, 0) is 59.0 Å². The Hall–Kier alpha value is -1.71. The third kappa shape index (κ3) is 2.05. The molecule has 0 saturated heterocycles. The molecule has 0 amide bonds. The molecule has 1 heterocycles. The van der Waals surface area contributed by atoms with Crippen molar-refractivity contribution < 1.29 is 4.79 Å². The number of hydrogen-bond donors (Lipinski definition) is 0. The molecule has 1 saturated carbocycles. The number of isocyanates is 1. The monoisotopic (exact) mass is 317 g/mol. The average molecular weight is 318 g/mol. The maximum absolute atomic E-state index is 10.6. The molecular weight excluding hydrogens is 306 g/mol. The van der Waals surface area contributed by atoms with Crippen LogP contribution in [0.15, 0.2) is 46.1 Å². The van der Waals surface area contributed by atoms with Crippen LogP contribution in [-0.2, 0) is 10.3 Å². The topological polar surface area (TPSA) is 47.2 Å². The molecule has 96 valence electrons. The smallest absolute Gasteiger partial charge is 0.227 e. The van der Waals surface area contributed by atoms with Crippen LogP contribution < -0.4 is 0 Å². The zero-order chi connectivity index (χ0) is 13.3. The average Bonchev–Trinajstić information content (AvgIpc) is 2.80. The summed E-state index contributed by atoms with van der Waals surface area (Å²) in [5, 5.41) is 4.23. The fourth-order valence-corrected chi connectivity index (χ4v) is 2.87. The first-order chi connectivity index (χ1) is 9.25. The Morgan fingerprint density at radius 2 is 2.00 bits per heavy atom. The molecule has 1 aromatic carbocycles. The standard InChI is InChI=1S/C14H12BrN3O/c15-13-6-9-17-18(13)12-4-2-11(3-5-12)14(16-10-19)7-1-8-14/h2-6,9H,1,7-8H2. The maximum atomic E-state index is 10.6. The summed E-state index contributed by atoms with van der Waals surface area (Å²) in [7, 11) is 0. The molecule has 1 aliphatic carbocycles. The largest absolute Gasteiger partial charge is 0.235 e. The van der Waals surface area contributed by atoms with Crippen molar-refractivity contribution in [2.45, 2.75) is 24.8 Å². The van der Waals surface area contributed by atoms with Gasteiger partial charge in [0.1, 0.15) is 4.60 Å². The van der Waals surface area contributed by atoms with Crippen LogP contribution in [0.3, 0.4) is 0 Å². The summed E-state index contributed by atoms with van der Waals surface area (Å²) in [6.07, 6.45) is 6.40. The van der Waals surface area contributed by atoms with Gasteiger partial charge >= 0.3 is 0 Å². The van der Waals surface area contributed by atoms with E-state index in [0.29, 0.717) is 0 Å². The molecule has 0 aliphatic heterocycles. The second-order valence-corrected chi connectivity index (χ2v) is 5.51. The molecular formula is C14H12BrN3O. The van der Waals surface area contributed by atoms with Gasteiger partial charge in [-0.3, -0.25) is 0 Å². The van der Waals surface area contributed by atoms with Gasteiger partial charge in [0.2, 0.25) is 6.08 Å². The van der Waals surface area contributed by atoms with Gasteiger partial charge in [-0.2, -0.15) is 10.1 Å². The Kier molecular flexibility index (Phi) is 3.09. The first-order valence-corrected chi connectivity index (χ1v) is 6.94. The number of aromatic nitrogens is 2. The third-order valence-corrected chi connectivity index (χ3v) is 4.29. The maximum Gasteiger partial charge on any atom is 0.235 e. The van der Waals surface area contributed by atoms with Crippen molar-refractivity contribution >= 4 is 22.0 Å². The Labute approximate surface area is 119 Å². The molecule has 0 spiro atoms. The fourth-order valence-electron chi connectivity index (χ4n) is 2.45. The normalized spacial score (nSPS) is 16.5. The SMILES string of the molecule is O=C=NC1(c2ccc(-n3nccc3Br)cc2)CCC1. The number of rotatable bonds is 3. The molecule has 5 heteroatoms. The zero-order valence-electron chi connectivity index (χ0n) is 10.2. The van der Waals surface area contributed by atoms with Gasteiger partial charge in [0, 0.05) is 0 Å². The van der Waals surface area contributed by atoms with Crippen molar-refractivity contribution in [3.63, 3.8) is 0 Å². The number of carbonyl (C=O) groups excluding carboxylic acids is 1. The van der Waals surface area contributed by atoms with Gasteiger partial charge in [0.05, 0.1) is 17.4 Å². The lowest BCUT2D eigenvalue weighted by Crippen LogP contribution is -2.31. The van der Waals surface area contributed by atoms with E-state index in [-0.39, 0.29) is 5.54 Å². The quantitative estimate of drug-likeness (QED) is 0.643. The highest BCUT2D eigenvalue weighted by Crippen LogP contribution is 2.44. The van der Waals surface area contributed by atoms with Gasteiger partial charge < -0.3 is 0 Å². The predicted molar refractivity (Wildman–Crippen MR) is 74.9 cm³/mol. The minimum atomic E-state index is -0.332. The molecule has 0 bridgehead atoms. The van der Waals surface area contributed by atoms with E-state index in [4.69, 9.17) is 0 Å². The summed E-state index contributed by atoms with van der Waals surface area (Å²) in [6, 6.07) is 9.91. The van der Waals surface area contributed by atoms with Gasteiger partial charge in [-0.1, -0.05) is 12.1 Å². The van der Waals surface area contributed by atoms with E-state index in [9.17, 15) is 4.79 Å². The van der Waals surface area contributed by atoms with Gasteiger partial charge in [-0.15, -0.1) is 0 Å². The van der Waals surface area contributed by atoms with Crippen LogP contribution >= 0.6 is 15.9 Å². The minimum absolute atomic E-state index is 0.332. The zero-order valence-corrected chi connectivity index (χ0v) is 11.8. The van der Waals surface area contributed by atoms with Crippen LogP contribution in [0.5, 0.6) is 0 Å². The second kappa shape index (κ2) is 4.76. The van der Waals surface area contributed by atoms with Crippen molar-refractivity contribution in [3.05, 3.63) is 46.7 Å². The van der Waals surface area contributed by atoms with E-state index in [1.807, 2.05) is 30.3 Å². The predicted octanol–water partition coefficient (Wildman–Crippen LogP) is 3.35. The van der Waals surface area contributed by atoms with Gasteiger partial charge in [-0.25, -0.2) is 9.48 Å². The summed E-state index contributed by atoms with van der Waals surface area (Å²) in [4.78, 5) is 14.6. The molecule has 1 fully saturated rings.